The minimum atomic E-state index is -0.510. The molecular formula is C25H24Cl2N4O4S. The van der Waals surface area contributed by atoms with Gasteiger partial charge >= 0.3 is 0 Å². The molecule has 1 amide bonds. The van der Waals surface area contributed by atoms with Gasteiger partial charge in [-0.05, 0) is 66.2 Å². The summed E-state index contributed by atoms with van der Waals surface area (Å²) in [6.07, 6.45) is 1.54. The summed E-state index contributed by atoms with van der Waals surface area (Å²) >= 11 is 13.8. The Morgan fingerprint density at radius 3 is 2.58 bits per heavy atom. The molecule has 36 heavy (non-hydrogen) atoms. The summed E-state index contributed by atoms with van der Waals surface area (Å²) in [6, 6.07) is 8.74. The number of carbonyl (C=O) groups is 1. The molecule has 0 aromatic heterocycles. The van der Waals surface area contributed by atoms with Crippen LogP contribution in [0.3, 0.4) is 0 Å². The van der Waals surface area contributed by atoms with E-state index in [9.17, 15) is 4.79 Å². The van der Waals surface area contributed by atoms with Crippen molar-refractivity contribution in [1.29, 1.82) is 5.41 Å². The zero-order chi connectivity index (χ0) is 26.0. The molecule has 0 bridgehead atoms. The van der Waals surface area contributed by atoms with Gasteiger partial charge in [0.25, 0.3) is 5.91 Å². The number of hydrazone groups is 1. The number of benzene rings is 2. The van der Waals surface area contributed by atoms with Gasteiger partial charge in [-0.3, -0.25) is 10.2 Å². The predicted molar refractivity (Wildman–Crippen MR) is 145 cm³/mol. The van der Waals surface area contributed by atoms with E-state index in [1.807, 2.05) is 26.8 Å². The minimum absolute atomic E-state index is 0.0434. The van der Waals surface area contributed by atoms with Gasteiger partial charge in [0.05, 0.1) is 17.7 Å². The average molecular weight is 547 g/mol. The highest BCUT2D eigenvalue weighted by molar-refractivity contribution is 8.27. The molecule has 1 N–H and O–H groups in total. The molecule has 0 atom stereocenters. The van der Waals surface area contributed by atoms with Crippen LogP contribution in [0, 0.1) is 18.3 Å². The van der Waals surface area contributed by atoms with Crippen molar-refractivity contribution >= 4 is 63.0 Å². The van der Waals surface area contributed by atoms with Crippen LogP contribution in [0.25, 0.3) is 6.08 Å². The third kappa shape index (κ3) is 5.53. The lowest BCUT2D eigenvalue weighted by Gasteiger charge is -2.20. The van der Waals surface area contributed by atoms with Crippen LogP contribution in [-0.4, -0.2) is 47.3 Å². The molecule has 11 heteroatoms. The number of hydrogen-bond acceptors (Lipinski definition) is 7. The standard InChI is InChI=1S/C25H24Cl2N4O4S/c1-13(2)24-30-31-22(28)17(23(32)29-25(31)36-24)10-15-11-19(27)21(20(12-15)33-4)35-8-7-34-16-5-6-18(26)14(3)9-16/h5-6,9-13,28H,7-8H2,1-4H3/b17-10-,28-22?. The number of aryl methyl sites for hydroxylation is 1. The zero-order valence-electron chi connectivity index (χ0n) is 20.1. The normalized spacial score (nSPS) is 16.3. The molecule has 0 aliphatic carbocycles. The molecule has 0 fully saturated rings. The second kappa shape index (κ2) is 10.9. The van der Waals surface area contributed by atoms with E-state index in [0.717, 1.165) is 10.6 Å². The molecule has 0 radical (unpaired) electrons. The highest BCUT2D eigenvalue weighted by Crippen LogP contribution is 2.38. The van der Waals surface area contributed by atoms with E-state index in [4.69, 9.17) is 42.8 Å². The Morgan fingerprint density at radius 1 is 1.14 bits per heavy atom. The van der Waals surface area contributed by atoms with Crippen molar-refractivity contribution in [2.24, 2.45) is 16.0 Å². The third-order valence-corrected chi connectivity index (χ3v) is 7.17. The van der Waals surface area contributed by atoms with Crippen LogP contribution >= 0.6 is 35.0 Å². The summed E-state index contributed by atoms with van der Waals surface area (Å²) in [5, 5.41) is 16.5. The van der Waals surface area contributed by atoms with Crippen LogP contribution in [-0.2, 0) is 4.79 Å². The quantitative estimate of drug-likeness (QED) is 0.320. The van der Waals surface area contributed by atoms with Crippen molar-refractivity contribution < 1.29 is 19.0 Å². The number of amides is 1. The molecule has 2 heterocycles. The Morgan fingerprint density at radius 2 is 1.89 bits per heavy atom. The van der Waals surface area contributed by atoms with E-state index in [2.05, 4.69) is 10.1 Å². The fourth-order valence-corrected chi connectivity index (χ4v) is 4.66. The number of thioether (sulfide) groups is 1. The minimum Gasteiger partial charge on any atom is -0.493 e. The van der Waals surface area contributed by atoms with Crippen LogP contribution in [0.4, 0.5) is 0 Å². The van der Waals surface area contributed by atoms with E-state index < -0.39 is 5.91 Å². The SMILES string of the molecule is COc1cc(/C=C2/C(=N)N3N=C(C(C)C)SC3=NC2=O)cc(Cl)c1OCCOc1ccc(Cl)c(C)c1. The summed E-state index contributed by atoms with van der Waals surface area (Å²) < 4.78 is 17.0. The molecular weight excluding hydrogens is 523 g/mol. The highest BCUT2D eigenvalue weighted by atomic mass is 35.5. The van der Waals surface area contributed by atoms with E-state index in [1.165, 1.54) is 23.9 Å². The Labute approximate surface area is 223 Å². The fourth-order valence-electron chi connectivity index (χ4n) is 3.38. The molecule has 2 aromatic carbocycles. The third-order valence-electron chi connectivity index (χ3n) is 5.25. The number of carbonyl (C=O) groups excluding carboxylic acids is 1. The maximum absolute atomic E-state index is 12.7. The number of ether oxygens (including phenoxy) is 3. The van der Waals surface area contributed by atoms with Crippen molar-refractivity contribution in [1.82, 2.24) is 5.01 Å². The number of aliphatic imine (C=N–C) groups is 1. The number of halogens is 2. The van der Waals surface area contributed by atoms with E-state index in [-0.39, 0.29) is 30.5 Å². The number of fused-ring (bicyclic) bond motifs is 1. The van der Waals surface area contributed by atoms with Crippen LogP contribution in [0.2, 0.25) is 10.0 Å². The summed E-state index contributed by atoms with van der Waals surface area (Å²) in [5.41, 5.74) is 1.59. The molecule has 0 spiro atoms. The van der Waals surface area contributed by atoms with Crippen LogP contribution < -0.4 is 14.2 Å². The van der Waals surface area contributed by atoms with Gasteiger partial charge in [-0.2, -0.15) is 15.1 Å². The first kappa shape index (κ1) is 26.1. The van der Waals surface area contributed by atoms with Gasteiger partial charge in [0.15, 0.2) is 17.3 Å². The van der Waals surface area contributed by atoms with Gasteiger partial charge in [0.2, 0.25) is 5.17 Å². The van der Waals surface area contributed by atoms with Gasteiger partial charge in [0.1, 0.15) is 24.0 Å². The van der Waals surface area contributed by atoms with Crippen molar-refractivity contribution in [3.8, 4) is 17.2 Å². The van der Waals surface area contributed by atoms with Crippen molar-refractivity contribution in [2.75, 3.05) is 20.3 Å². The zero-order valence-corrected chi connectivity index (χ0v) is 22.4. The number of hydrogen-bond donors (Lipinski definition) is 1. The number of methoxy groups -OCH3 is 1. The molecule has 0 saturated heterocycles. The van der Waals surface area contributed by atoms with Crippen LogP contribution in [0.1, 0.15) is 25.0 Å². The lowest BCUT2D eigenvalue weighted by Crippen LogP contribution is -2.35. The molecule has 4 rings (SSSR count). The Balaban J connectivity index is 1.48. The Bertz CT molecular complexity index is 1320. The van der Waals surface area contributed by atoms with Gasteiger partial charge in [-0.25, -0.2) is 0 Å². The van der Waals surface area contributed by atoms with Gasteiger partial charge < -0.3 is 14.2 Å². The number of rotatable bonds is 8. The second-order valence-corrected chi connectivity index (χ2v) is 10.1. The molecule has 2 aliphatic rings. The number of nitrogens with zero attached hydrogens (tertiary/aromatic N) is 3. The summed E-state index contributed by atoms with van der Waals surface area (Å²) in [5.74, 6) is 1.03. The second-order valence-electron chi connectivity index (χ2n) is 8.25. The van der Waals surface area contributed by atoms with E-state index >= 15 is 0 Å². The first-order chi connectivity index (χ1) is 17.2. The monoisotopic (exact) mass is 546 g/mol. The maximum Gasteiger partial charge on any atom is 0.283 e. The van der Waals surface area contributed by atoms with E-state index in [0.29, 0.717) is 38.0 Å². The van der Waals surface area contributed by atoms with Crippen LogP contribution in [0.15, 0.2) is 46.0 Å². The first-order valence-corrected chi connectivity index (χ1v) is 12.6. The first-order valence-electron chi connectivity index (χ1n) is 11.1. The topological polar surface area (TPSA) is 96.6 Å². The van der Waals surface area contributed by atoms with Gasteiger partial charge in [-0.1, -0.05) is 37.0 Å². The largest absolute Gasteiger partial charge is 0.493 e. The Hall–Kier alpha value is -3.01. The number of nitrogens with one attached hydrogen (secondary N) is 1. The summed E-state index contributed by atoms with van der Waals surface area (Å²) in [7, 11) is 1.50. The maximum atomic E-state index is 12.7. The Kier molecular flexibility index (Phi) is 7.92. The van der Waals surface area contributed by atoms with Crippen molar-refractivity contribution in [3.63, 3.8) is 0 Å². The van der Waals surface area contributed by atoms with Gasteiger partial charge in [0, 0.05) is 10.9 Å². The average Bonchev–Trinajstić information content (AvgIpc) is 3.27. The molecule has 8 nitrogen and oxygen atoms in total. The summed E-state index contributed by atoms with van der Waals surface area (Å²) in [6.45, 7) is 6.40. The molecule has 188 valence electrons. The van der Waals surface area contributed by atoms with Crippen LogP contribution in [0.5, 0.6) is 17.2 Å². The molecule has 0 saturated carbocycles. The lowest BCUT2D eigenvalue weighted by atomic mass is 10.1. The molecule has 2 aliphatic heterocycles. The summed E-state index contributed by atoms with van der Waals surface area (Å²) in [4.78, 5) is 16.8. The van der Waals surface area contributed by atoms with Crippen molar-refractivity contribution in [3.05, 3.63) is 57.1 Å². The molecule has 2 aromatic rings. The van der Waals surface area contributed by atoms with Crippen molar-refractivity contribution in [2.45, 2.75) is 20.8 Å². The lowest BCUT2D eigenvalue weighted by molar-refractivity contribution is -0.114. The molecule has 0 unspecified atom stereocenters. The predicted octanol–water partition coefficient (Wildman–Crippen LogP) is 6.04. The number of amidine groups is 2. The van der Waals surface area contributed by atoms with E-state index in [1.54, 1.807) is 30.3 Å². The fraction of sp³-hybridized carbons (Fsp3) is 0.280. The smallest absolute Gasteiger partial charge is 0.283 e. The highest BCUT2D eigenvalue weighted by Gasteiger charge is 2.36. The van der Waals surface area contributed by atoms with Gasteiger partial charge in [-0.15, -0.1) is 0 Å².